The second-order valence-electron chi connectivity index (χ2n) is 33.1. The molecule has 0 radical (unpaired) electrons. The Labute approximate surface area is 846 Å². The number of amides is 8. The van der Waals surface area contributed by atoms with E-state index in [0.717, 1.165) is 68.8 Å². The van der Waals surface area contributed by atoms with Crippen molar-refractivity contribution in [2.75, 3.05) is 52.6 Å². The molecule has 0 aliphatic carbocycles. The van der Waals surface area contributed by atoms with Gasteiger partial charge in [-0.3, -0.25) is 57.7 Å². The van der Waals surface area contributed by atoms with E-state index in [9.17, 15) is 109 Å². The van der Waals surface area contributed by atoms with E-state index in [1.165, 1.54) is 72.8 Å². The summed E-state index contributed by atoms with van der Waals surface area (Å²) in [6.07, 6.45) is -22.7. The van der Waals surface area contributed by atoms with Crippen molar-refractivity contribution in [3.05, 3.63) is 274 Å². The number of oxime groups is 4. The van der Waals surface area contributed by atoms with E-state index in [4.69, 9.17) is 132 Å². The monoisotopic (exact) mass is 2190 g/mol. The molecule has 0 aromatic heterocycles. The maximum Gasteiger partial charge on any atom is 0.435 e. The Morgan fingerprint density at radius 3 is 0.618 bits per heavy atom. The van der Waals surface area contributed by atoms with Crippen LogP contribution in [0.2, 0.25) is 40.2 Å². The van der Waals surface area contributed by atoms with Crippen LogP contribution in [0.15, 0.2) is 142 Å². The van der Waals surface area contributed by atoms with Crippen LogP contribution in [0.4, 0.5) is 70.2 Å². The maximum atomic E-state index is 14.2. The first-order chi connectivity index (χ1) is 67.5. The van der Waals surface area contributed by atoms with Gasteiger partial charge in [0.05, 0.1) is 63.0 Å². The molecule has 16 rings (SSSR count). The van der Waals surface area contributed by atoms with Crippen LogP contribution in [0.3, 0.4) is 0 Å². The molecule has 0 saturated carbocycles. The van der Waals surface area contributed by atoms with Gasteiger partial charge in [-0.05, 0) is 197 Å². The molecule has 0 bridgehead atoms. The number of hydroxylamine groups is 8. The van der Waals surface area contributed by atoms with Crippen molar-refractivity contribution < 1.29 is 147 Å². The zero-order chi connectivity index (χ0) is 106. The molecule has 144 heavy (non-hydrogen) atoms. The van der Waals surface area contributed by atoms with Gasteiger partial charge in [0.1, 0.15) is 50.6 Å². The molecule has 0 spiro atoms. The van der Waals surface area contributed by atoms with Crippen molar-refractivity contribution >= 4 is 163 Å². The topological polar surface area (TPSA) is 321 Å². The summed E-state index contributed by atoms with van der Waals surface area (Å²) < 4.78 is 226. The third-order valence-corrected chi connectivity index (χ3v) is 26.1. The largest absolute Gasteiger partial charge is 0.435 e. The summed E-state index contributed by atoms with van der Waals surface area (Å²) in [6, 6.07) is 20.4. The van der Waals surface area contributed by atoms with Crippen LogP contribution in [0, 0.1) is 51.0 Å². The van der Waals surface area contributed by atoms with Crippen LogP contribution in [-0.2, 0) is 80.3 Å². The summed E-state index contributed by atoms with van der Waals surface area (Å²) in [6.45, 7) is 14.6. The normalized spacial score (nSPS) is 22.0. The van der Waals surface area contributed by atoms with Gasteiger partial charge < -0.3 is 40.6 Å². The number of hydrogen-bond donors (Lipinski definition) is 4. The Balaban J connectivity index is 0.000000161. The van der Waals surface area contributed by atoms with Crippen molar-refractivity contribution in [1.82, 2.24) is 41.5 Å². The molecule has 8 aromatic carbocycles. The number of benzene rings is 8. The minimum Gasteiger partial charge on any atom is -0.374 e. The molecule has 768 valence electrons. The van der Waals surface area contributed by atoms with Crippen molar-refractivity contribution in [1.29, 1.82) is 0 Å². The number of halogens is 24. The van der Waals surface area contributed by atoms with E-state index in [0.29, 0.717) is 48.4 Å². The van der Waals surface area contributed by atoms with E-state index < -0.39 is 206 Å². The molecule has 8 amide bonds. The lowest BCUT2D eigenvalue weighted by Gasteiger charge is -2.29. The Kier molecular flexibility index (Phi) is 32.6. The summed E-state index contributed by atoms with van der Waals surface area (Å²) in [5, 5.41) is 24.9. The van der Waals surface area contributed by atoms with E-state index in [1.54, 1.807) is 55.4 Å². The van der Waals surface area contributed by atoms with Crippen molar-refractivity contribution in [2.24, 2.45) is 20.6 Å². The molecule has 52 heteroatoms. The number of nitrogens with zero attached hydrogens (tertiary/aromatic N) is 8. The van der Waals surface area contributed by atoms with Crippen molar-refractivity contribution in [3.8, 4) is 0 Å². The highest BCUT2D eigenvalue weighted by molar-refractivity contribution is 6.37. The summed E-state index contributed by atoms with van der Waals surface area (Å²) >= 11 is 45.8. The Morgan fingerprint density at radius 1 is 0.312 bits per heavy atom. The standard InChI is InChI=1S/4C23H19Cl2F4N3O4/c4*1-3-32-21(34)18(10-35-32)30-20(33)14-5-4-12(6-11(14)2)17-9-22(36-31-17,23(27,28)29)13-7-15(24)19(26)16(25)8-13/h4*4-8,18H,3,9-10H2,1-2H3,(H,30,33)/t2*18-,22+;2*18-,22-/m1010/s1. The zero-order valence-electron chi connectivity index (χ0n) is 75.5. The van der Waals surface area contributed by atoms with Crippen LogP contribution in [-0.4, -0.2) is 192 Å². The quantitative estimate of drug-likeness (QED) is 0.0407. The third-order valence-electron chi connectivity index (χ3n) is 23.9. The second-order valence-corrected chi connectivity index (χ2v) is 36.3. The average Bonchev–Trinajstić information content (AvgIpc) is 1.62. The van der Waals surface area contributed by atoms with Crippen LogP contribution >= 0.6 is 92.8 Å². The average molecular weight is 2190 g/mol. The van der Waals surface area contributed by atoms with Gasteiger partial charge in [-0.2, -0.15) is 52.7 Å². The first-order valence-corrected chi connectivity index (χ1v) is 45.8. The van der Waals surface area contributed by atoms with Crippen molar-refractivity contribution in [3.63, 3.8) is 0 Å². The summed E-state index contributed by atoms with van der Waals surface area (Å²) in [5.41, 5.74) is -10.1. The minimum atomic E-state index is -4.94. The number of aryl methyl sites for hydroxylation is 4. The molecule has 28 nitrogen and oxygen atoms in total. The van der Waals surface area contributed by atoms with Gasteiger partial charge in [-0.15, -0.1) is 0 Å². The van der Waals surface area contributed by atoms with Gasteiger partial charge in [0, 0.05) is 96.4 Å². The molecule has 8 aliphatic heterocycles. The first-order valence-electron chi connectivity index (χ1n) is 42.8. The predicted octanol–water partition coefficient (Wildman–Crippen LogP) is 19.7. The van der Waals surface area contributed by atoms with E-state index in [1.807, 2.05) is 0 Å². The molecule has 8 heterocycles. The lowest BCUT2D eigenvalue weighted by Crippen LogP contribution is -2.43. The van der Waals surface area contributed by atoms with Gasteiger partial charge in [-0.1, -0.05) is 138 Å². The fraction of sp³-hybridized carbons (Fsp3) is 0.348. The van der Waals surface area contributed by atoms with Gasteiger partial charge in [0.2, 0.25) is 0 Å². The van der Waals surface area contributed by atoms with Crippen molar-refractivity contribution in [2.45, 2.75) is 152 Å². The number of rotatable bonds is 20. The number of carbonyl (C=O) groups excluding carboxylic acids is 8. The molecule has 0 unspecified atom stereocenters. The van der Waals surface area contributed by atoms with E-state index in [-0.39, 0.29) is 117 Å². The molecule has 8 aromatic rings. The molecule has 8 aliphatic rings. The smallest absolute Gasteiger partial charge is 0.374 e. The van der Waals surface area contributed by atoms with E-state index >= 15 is 0 Å². The Morgan fingerprint density at radius 2 is 0.479 bits per heavy atom. The molecular formula is C92H76Cl8F16N12O16. The number of hydrogen-bond acceptors (Lipinski definition) is 20. The number of nitrogens with one attached hydrogen (secondary N) is 4. The number of carbonyl (C=O) groups is 8. The Bertz CT molecular complexity index is 5760. The zero-order valence-corrected chi connectivity index (χ0v) is 81.6. The third kappa shape index (κ3) is 21.8. The van der Waals surface area contributed by atoms with Crippen LogP contribution < -0.4 is 21.3 Å². The second kappa shape index (κ2) is 42.9. The Hall–Kier alpha value is -11.6. The van der Waals surface area contributed by atoms with Crippen LogP contribution in [0.5, 0.6) is 0 Å². The maximum absolute atomic E-state index is 14.2. The van der Waals surface area contributed by atoms with Gasteiger partial charge in [0.15, 0.2) is 23.3 Å². The highest BCUT2D eigenvalue weighted by Gasteiger charge is 2.67. The number of alkyl halides is 12. The molecule has 8 atom stereocenters. The predicted molar refractivity (Wildman–Crippen MR) is 489 cm³/mol. The minimum absolute atomic E-state index is 0.000628. The lowest BCUT2D eigenvalue weighted by molar-refractivity contribution is -0.276. The van der Waals surface area contributed by atoms with Gasteiger partial charge >= 0.3 is 24.7 Å². The highest BCUT2D eigenvalue weighted by Crippen LogP contribution is 2.56. The first kappa shape index (κ1) is 110. The molecule has 4 N–H and O–H groups in total. The molecule has 4 fully saturated rings. The SMILES string of the molecule is CCN1OC[C@@H](NC(=O)c2ccc(C3=NO[C@@](c4cc(Cl)c(F)c(Cl)c4)(C(F)(F)F)C3)cc2C)C1=O.CCN1OC[C@@H](NC(=O)c2ccc(C3=NO[C@](c4cc(Cl)c(F)c(Cl)c4)(C(F)(F)F)C3)cc2C)C1=O.CCN1OC[C@H](NC(=O)c2ccc(C3=NO[C@@](c4cc(Cl)c(F)c(Cl)c4)(C(F)(F)F)C3)cc2C)C1=O.CCN1OC[C@H](NC(=O)c2ccc(C3=NO[C@](c4cc(Cl)c(F)c(Cl)c4)(C(F)(F)F)C3)cc2C)C1=O. The number of likely N-dealkylation sites (N-methyl/N-ethyl adjacent to an activating group) is 4. The molecular weight excluding hydrogens is 2120 g/mol. The summed E-state index contributed by atoms with van der Waals surface area (Å²) in [7, 11) is 0. The summed E-state index contributed by atoms with van der Waals surface area (Å²) in [4.78, 5) is 140. The fourth-order valence-corrected chi connectivity index (χ4v) is 18.0. The van der Waals surface area contributed by atoms with E-state index in [2.05, 4.69) is 41.9 Å². The van der Waals surface area contributed by atoms with Gasteiger partial charge in [-0.25, -0.2) is 37.8 Å². The highest BCUT2D eigenvalue weighted by atomic mass is 35.5. The summed E-state index contributed by atoms with van der Waals surface area (Å²) in [5.74, 6) is -7.83. The fourth-order valence-electron chi connectivity index (χ4n) is 16.0. The molecule has 4 saturated heterocycles. The lowest BCUT2D eigenvalue weighted by atomic mass is 9.86. The van der Waals surface area contributed by atoms with Gasteiger partial charge in [0.25, 0.3) is 69.7 Å². The van der Waals surface area contributed by atoms with Crippen LogP contribution in [0.25, 0.3) is 0 Å². The van der Waals surface area contributed by atoms with Crippen LogP contribution in [0.1, 0.15) is 162 Å².